The predicted molar refractivity (Wildman–Crippen MR) is 122 cm³/mol. The molecule has 0 aliphatic rings. The zero-order valence-electron chi connectivity index (χ0n) is 19.4. The van der Waals surface area contributed by atoms with E-state index in [1.165, 1.54) is 18.7 Å². The number of rotatable bonds is 16. The summed E-state index contributed by atoms with van der Waals surface area (Å²) in [6, 6.07) is -4.93. The molecule has 0 saturated carbocycles. The molecule has 0 aromatic heterocycles. The van der Waals surface area contributed by atoms with E-state index in [0.717, 1.165) is 0 Å². The molecule has 190 valence electrons. The second-order valence-electron chi connectivity index (χ2n) is 7.82. The van der Waals surface area contributed by atoms with Gasteiger partial charge >= 0.3 is 11.9 Å². The first-order valence-corrected chi connectivity index (χ1v) is 12.0. The van der Waals surface area contributed by atoms with Gasteiger partial charge in [0.05, 0.1) is 12.1 Å². The van der Waals surface area contributed by atoms with Crippen LogP contribution in [0.3, 0.4) is 0 Å². The van der Waals surface area contributed by atoms with Gasteiger partial charge in [0.1, 0.15) is 12.1 Å². The van der Waals surface area contributed by atoms with E-state index in [-0.39, 0.29) is 6.42 Å². The summed E-state index contributed by atoms with van der Waals surface area (Å²) in [6.45, 7) is 4.62. The summed E-state index contributed by atoms with van der Waals surface area (Å²) in [6.07, 6.45) is 0.611. The fourth-order valence-electron chi connectivity index (χ4n) is 2.78. The number of aliphatic hydroxyl groups is 1. The Morgan fingerprint density at radius 1 is 0.909 bits per heavy atom. The van der Waals surface area contributed by atoms with Crippen molar-refractivity contribution in [2.75, 3.05) is 12.0 Å². The van der Waals surface area contributed by atoms with Crippen LogP contribution in [0.25, 0.3) is 0 Å². The van der Waals surface area contributed by atoms with Crippen LogP contribution in [0.1, 0.15) is 46.5 Å². The number of carbonyl (C=O) groups is 5. The topological polar surface area (TPSA) is 208 Å². The molecule has 0 fully saturated rings. The SMILES string of the molecule is CCC(C)C(NC(=O)C(CCC(=O)O)NC(=O)C(N)CCSC)C(=O)NC(C(=O)O)C(C)O. The predicted octanol–water partition coefficient (Wildman–Crippen LogP) is -1.10. The molecule has 6 unspecified atom stereocenters. The molecule has 12 nitrogen and oxygen atoms in total. The highest BCUT2D eigenvalue weighted by atomic mass is 32.2. The van der Waals surface area contributed by atoms with Gasteiger partial charge in [0, 0.05) is 6.42 Å². The molecular formula is C20H36N4O8S. The highest BCUT2D eigenvalue weighted by Crippen LogP contribution is 2.11. The monoisotopic (exact) mass is 492 g/mol. The number of nitrogens with two attached hydrogens (primary N) is 1. The lowest BCUT2D eigenvalue weighted by Crippen LogP contribution is -2.59. The summed E-state index contributed by atoms with van der Waals surface area (Å²) < 4.78 is 0. The molecule has 0 heterocycles. The number of carboxylic acids is 2. The molecule has 0 spiro atoms. The van der Waals surface area contributed by atoms with Crippen molar-refractivity contribution in [2.24, 2.45) is 11.7 Å². The molecule has 0 bridgehead atoms. The maximum atomic E-state index is 12.9. The van der Waals surface area contributed by atoms with Gasteiger partial charge in [-0.1, -0.05) is 20.3 Å². The van der Waals surface area contributed by atoms with E-state index in [4.69, 9.17) is 10.8 Å². The van der Waals surface area contributed by atoms with Crippen molar-refractivity contribution in [3.05, 3.63) is 0 Å². The minimum absolute atomic E-state index is 0.234. The van der Waals surface area contributed by atoms with Gasteiger partial charge in [-0.25, -0.2) is 4.79 Å². The molecule has 0 aliphatic heterocycles. The van der Waals surface area contributed by atoms with Gasteiger partial charge in [-0.2, -0.15) is 11.8 Å². The largest absolute Gasteiger partial charge is 0.481 e. The Balaban J connectivity index is 5.56. The van der Waals surface area contributed by atoms with E-state index in [9.17, 15) is 34.2 Å². The van der Waals surface area contributed by atoms with Crippen LogP contribution in [-0.2, 0) is 24.0 Å². The third kappa shape index (κ3) is 11.3. The van der Waals surface area contributed by atoms with Gasteiger partial charge in [0.15, 0.2) is 6.04 Å². The highest BCUT2D eigenvalue weighted by molar-refractivity contribution is 7.98. The summed E-state index contributed by atoms with van der Waals surface area (Å²) in [5, 5.41) is 34.9. The van der Waals surface area contributed by atoms with Crippen LogP contribution in [0.5, 0.6) is 0 Å². The Morgan fingerprint density at radius 3 is 1.94 bits per heavy atom. The van der Waals surface area contributed by atoms with Gasteiger partial charge in [0.2, 0.25) is 17.7 Å². The van der Waals surface area contributed by atoms with E-state index >= 15 is 0 Å². The van der Waals surface area contributed by atoms with Gasteiger partial charge in [-0.05, 0) is 37.7 Å². The minimum Gasteiger partial charge on any atom is -0.481 e. The fraction of sp³-hybridized carbons (Fsp3) is 0.750. The Morgan fingerprint density at radius 2 is 1.48 bits per heavy atom. The van der Waals surface area contributed by atoms with E-state index < -0.39 is 72.3 Å². The van der Waals surface area contributed by atoms with Crippen molar-refractivity contribution in [2.45, 2.75) is 76.7 Å². The lowest BCUT2D eigenvalue weighted by molar-refractivity contribution is -0.145. The van der Waals surface area contributed by atoms with Crippen LogP contribution in [0.15, 0.2) is 0 Å². The minimum atomic E-state index is -1.59. The van der Waals surface area contributed by atoms with Crippen LogP contribution < -0.4 is 21.7 Å². The first kappa shape index (κ1) is 30.6. The van der Waals surface area contributed by atoms with E-state index in [1.54, 1.807) is 13.8 Å². The number of hydrogen-bond donors (Lipinski definition) is 7. The van der Waals surface area contributed by atoms with Crippen molar-refractivity contribution >= 4 is 41.4 Å². The molecule has 0 aliphatic carbocycles. The standard InChI is InChI=1S/C20H36N4O8S/c1-5-10(2)15(19(30)24-16(11(3)25)20(31)32)23-18(29)13(6-7-14(26)27)22-17(28)12(21)8-9-33-4/h10-13,15-16,25H,5-9,21H2,1-4H3,(H,22,28)(H,23,29)(H,24,30)(H,26,27)(H,31,32). The van der Waals surface area contributed by atoms with E-state index in [1.807, 2.05) is 6.26 Å². The number of aliphatic carboxylic acids is 2. The lowest BCUT2D eigenvalue weighted by Gasteiger charge is -2.28. The molecule has 0 aromatic rings. The lowest BCUT2D eigenvalue weighted by atomic mass is 9.96. The van der Waals surface area contributed by atoms with Gasteiger partial charge in [-0.15, -0.1) is 0 Å². The van der Waals surface area contributed by atoms with Gasteiger partial charge in [-0.3, -0.25) is 19.2 Å². The van der Waals surface area contributed by atoms with Crippen molar-refractivity contribution in [1.29, 1.82) is 0 Å². The van der Waals surface area contributed by atoms with Crippen molar-refractivity contribution in [3.8, 4) is 0 Å². The van der Waals surface area contributed by atoms with Crippen LogP contribution in [0, 0.1) is 5.92 Å². The Kier molecular flexibility index (Phi) is 14.3. The van der Waals surface area contributed by atoms with Crippen LogP contribution >= 0.6 is 11.8 Å². The summed E-state index contributed by atoms with van der Waals surface area (Å²) >= 11 is 1.49. The number of carboxylic acid groups (broad SMARTS) is 2. The van der Waals surface area contributed by atoms with Crippen molar-refractivity contribution in [3.63, 3.8) is 0 Å². The van der Waals surface area contributed by atoms with E-state index in [0.29, 0.717) is 18.6 Å². The maximum Gasteiger partial charge on any atom is 0.328 e. The van der Waals surface area contributed by atoms with Crippen LogP contribution in [-0.4, -0.2) is 87.3 Å². The summed E-state index contributed by atoms with van der Waals surface area (Å²) in [7, 11) is 0. The molecule has 0 radical (unpaired) electrons. The molecule has 0 rings (SSSR count). The Bertz CT molecular complexity index is 691. The molecule has 33 heavy (non-hydrogen) atoms. The quantitative estimate of drug-likeness (QED) is 0.138. The van der Waals surface area contributed by atoms with Crippen LogP contribution in [0.2, 0.25) is 0 Å². The summed E-state index contributed by atoms with van der Waals surface area (Å²) in [5.74, 6) is -4.69. The normalized spacial score (nSPS) is 16.4. The van der Waals surface area contributed by atoms with Crippen LogP contribution in [0.4, 0.5) is 0 Å². The summed E-state index contributed by atoms with van der Waals surface area (Å²) in [4.78, 5) is 60.3. The number of thioether (sulfide) groups is 1. The molecule has 0 saturated heterocycles. The number of carbonyl (C=O) groups excluding carboxylic acids is 3. The average molecular weight is 493 g/mol. The maximum absolute atomic E-state index is 12.9. The third-order valence-corrected chi connectivity index (χ3v) is 5.73. The molecular weight excluding hydrogens is 456 g/mol. The molecule has 13 heteroatoms. The fourth-order valence-corrected chi connectivity index (χ4v) is 3.27. The number of nitrogens with one attached hydrogen (secondary N) is 3. The number of amides is 3. The molecule has 0 aromatic carbocycles. The third-order valence-electron chi connectivity index (χ3n) is 5.09. The number of aliphatic hydroxyl groups excluding tert-OH is 1. The second-order valence-corrected chi connectivity index (χ2v) is 8.80. The zero-order valence-corrected chi connectivity index (χ0v) is 20.2. The molecule has 8 N–H and O–H groups in total. The Labute approximate surface area is 197 Å². The smallest absolute Gasteiger partial charge is 0.328 e. The van der Waals surface area contributed by atoms with Gasteiger partial charge < -0.3 is 37.0 Å². The zero-order chi connectivity index (χ0) is 25.7. The van der Waals surface area contributed by atoms with E-state index in [2.05, 4.69) is 16.0 Å². The molecule has 6 atom stereocenters. The highest BCUT2D eigenvalue weighted by Gasteiger charge is 2.34. The number of hydrogen-bond acceptors (Lipinski definition) is 8. The second kappa shape index (κ2) is 15.5. The van der Waals surface area contributed by atoms with Crippen molar-refractivity contribution < 1.29 is 39.3 Å². The van der Waals surface area contributed by atoms with Crippen molar-refractivity contribution in [1.82, 2.24) is 16.0 Å². The average Bonchev–Trinajstić information content (AvgIpc) is 2.74. The summed E-state index contributed by atoms with van der Waals surface area (Å²) in [5.41, 5.74) is 5.82. The first-order valence-electron chi connectivity index (χ1n) is 10.6. The van der Waals surface area contributed by atoms with Gasteiger partial charge in [0.25, 0.3) is 0 Å². The Hall–Kier alpha value is -2.38. The first-order chi connectivity index (χ1) is 15.3. The molecule has 3 amide bonds.